The van der Waals surface area contributed by atoms with Gasteiger partial charge in [-0.15, -0.1) is 11.8 Å². The van der Waals surface area contributed by atoms with Crippen molar-refractivity contribution in [3.8, 4) is 5.75 Å². The first kappa shape index (κ1) is 20.3. The average Bonchev–Trinajstić information content (AvgIpc) is 2.66. The van der Waals surface area contributed by atoms with E-state index in [0.29, 0.717) is 17.0 Å². The fraction of sp³-hybridized carbons (Fsp3) is 0.211. The smallest absolute Gasteiger partial charge is 0.255 e. The zero-order valence-electron chi connectivity index (χ0n) is 15.1. The van der Waals surface area contributed by atoms with Crippen LogP contribution in [0.3, 0.4) is 0 Å². The molecule has 0 aliphatic rings. The molecule has 2 rings (SSSR count). The highest BCUT2D eigenvalue weighted by molar-refractivity contribution is 7.98. The van der Waals surface area contributed by atoms with E-state index in [1.54, 1.807) is 31.3 Å². The minimum absolute atomic E-state index is 0.0819. The van der Waals surface area contributed by atoms with E-state index in [0.717, 1.165) is 4.90 Å². The molecule has 0 heterocycles. The van der Waals surface area contributed by atoms with Gasteiger partial charge in [-0.25, -0.2) is 0 Å². The van der Waals surface area contributed by atoms with Crippen LogP contribution < -0.4 is 15.8 Å². The second kappa shape index (κ2) is 9.63. The van der Waals surface area contributed by atoms with Gasteiger partial charge in [-0.05, 0) is 42.7 Å². The summed E-state index contributed by atoms with van der Waals surface area (Å²) in [7, 11) is 1.56. The van der Waals surface area contributed by atoms with Crippen molar-refractivity contribution in [1.82, 2.24) is 4.90 Å². The van der Waals surface area contributed by atoms with Crippen LogP contribution in [0.2, 0.25) is 0 Å². The van der Waals surface area contributed by atoms with Crippen molar-refractivity contribution in [2.24, 2.45) is 5.73 Å². The molecule has 2 aromatic carbocycles. The molecule has 8 heteroatoms. The topological polar surface area (TPSA) is 102 Å². The van der Waals surface area contributed by atoms with Crippen molar-refractivity contribution in [2.45, 2.75) is 4.90 Å². The number of likely N-dealkylation sites (N-methyl/N-ethyl adjacent to an activating group) is 1. The van der Waals surface area contributed by atoms with Gasteiger partial charge in [0.15, 0.2) is 6.61 Å². The van der Waals surface area contributed by atoms with E-state index in [-0.39, 0.29) is 25.0 Å². The van der Waals surface area contributed by atoms with Gasteiger partial charge in [0.1, 0.15) is 5.75 Å². The first-order valence-corrected chi connectivity index (χ1v) is 9.32. The molecule has 0 saturated heterocycles. The summed E-state index contributed by atoms with van der Waals surface area (Å²) in [6, 6.07) is 13.7. The standard InChI is InChI=1S/C19H21N3O4S/c1-22(11-18(24)21-15-5-3-4-6-16(15)27-2)19(25)13-7-9-14(10-8-13)26-12-17(20)23/h3-10H,11-12H2,1-2H3,(H2,20,23)(H,21,24). The summed E-state index contributed by atoms with van der Waals surface area (Å²) in [5.41, 5.74) is 6.13. The maximum absolute atomic E-state index is 12.5. The van der Waals surface area contributed by atoms with Gasteiger partial charge in [0.2, 0.25) is 5.91 Å². The highest BCUT2D eigenvalue weighted by atomic mass is 32.2. The van der Waals surface area contributed by atoms with E-state index in [1.807, 2.05) is 30.5 Å². The summed E-state index contributed by atoms with van der Waals surface area (Å²) in [5.74, 6) is -0.734. The van der Waals surface area contributed by atoms with Crippen molar-refractivity contribution in [1.29, 1.82) is 0 Å². The number of nitrogens with zero attached hydrogens (tertiary/aromatic N) is 1. The molecular formula is C19H21N3O4S. The fourth-order valence-electron chi connectivity index (χ4n) is 2.29. The molecule has 2 aromatic rings. The molecule has 3 amide bonds. The molecule has 3 N–H and O–H groups in total. The second-order valence-electron chi connectivity index (χ2n) is 5.69. The van der Waals surface area contributed by atoms with Crippen LogP contribution in [0.15, 0.2) is 53.4 Å². The van der Waals surface area contributed by atoms with Crippen molar-refractivity contribution < 1.29 is 19.1 Å². The molecule has 0 aromatic heterocycles. The highest BCUT2D eigenvalue weighted by Gasteiger charge is 2.16. The summed E-state index contributed by atoms with van der Waals surface area (Å²) in [6.07, 6.45) is 1.93. The van der Waals surface area contributed by atoms with Crippen LogP contribution in [0.4, 0.5) is 5.69 Å². The van der Waals surface area contributed by atoms with Gasteiger partial charge in [0.05, 0.1) is 12.2 Å². The number of anilines is 1. The van der Waals surface area contributed by atoms with E-state index >= 15 is 0 Å². The lowest BCUT2D eigenvalue weighted by Crippen LogP contribution is -2.35. The molecule has 0 fully saturated rings. The largest absolute Gasteiger partial charge is 0.484 e. The number of carbonyl (C=O) groups is 3. The maximum Gasteiger partial charge on any atom is 0.255 e. The Hall–Kier alpha value is -3.00. The van der Waals surface area contributed by atoms with E-state index in [1.165, 1.54) is 16.7 Å². The monoisotopic (exact) mass is 387 g/mol. The Morgan fingerprint density at radius 2 is 1.78 bits per heavy atom. The van der Waals surface area contributed by atoms with Crippen molar-refractivity contribution in [3.63, 3.8) is 0 Å². The number of nitrogens with one attached hydrogen (secondary N) is 1. The highest BCUT2D eigenvalue weighted by Crippen LogP contribution is 2.24. The fourth-order valence-corrected chi connectivity index (χ4v) is 2.85. The van der Waals surface area contributed by atoms with E-state index in [9.17, 15) is 14.4 Å². The Morgan fingerprint density at radius 3 is 2.41 bits per heavy atom. The third kappa shape index (κ3) is 6.03. The minimum atomic E-state index is -0.580. The summed E-state index contributed by atoms with van der Waals surface area (Å²) in [6.45, 7) is -0.313. The van der Waals surface area contributed by atoms with Crippen LogP contribution in [0.25, 0.3) is 0 Å². The van der Waals surface area contributed by atoms with Crippen LogP contribution in [0, 0.1) is 0 Å². The zero-order chi connectivity index (χ0) is 19.8. The van der Waals surface area contributed by atoms with E-state index in [4.69, 9.17) is 10.5 Å². The number of carbonyl (C=O) groups excluding carboxylic acids is 3. The molecule has 0 aliphatic heterocycles. The summed E-state index contributed by atoms with van der Waals surface area (Å²) < 4.78 is 5.15. The van der Waals surface area contributed by atoms with Gasteiger partial charge in [-0.2, -0.15) is 0 Å². The molecular weight excluding hydrogens is 366 g/mol. The lowest BCUT2D eigenvalue weighted by Gasteiger charge is -2.17. The second-order valence-corrected chi connectivity index (χ2v) is 6.54. The van der Waals surface area contributed by atoms with Gasteiger partial charge >= 0.3 is 0 Å². The SMILES string of the molecule is CSc1ccccc1NC(=O)CN(C)C(=O)c1ccc(OCC(N)=O)cc1. The van der Waals surface area contributed by atoms with Crippen molar-refractivity contribution in [3.05, 3.63) is 54.1 Å². The molecule has 7 nitrogen and oxygen atoms in total. The number of hydrogen-bond donors (Lipinski definition) is 2. The third-order valence-electron chi connectivity index (χ3n) is 3.59. The number of benzene rings is 2. The predicted octanol–water partition coefficient (Wildman–Crippen LogP) is 1.98. The van der Waals surface area contributed by atoms with Crippen molar-refractivity contribution in [2.75, 3.05) is 31.8 Å². The Labute approximate surface area is 161 Å². The minimum Gasteiger partial charge on any atom is -0.484 e. The molecule has 27 heavy (non-hydrogen) atoms. The molecule has 0 unspecified atom stereocenters. The average molecular weight is 387 g/mol. The number of hydrogen-bond acceptors (Lipinski definition) is 5. The first-order chi connectivity index (χ1) is 12.9. The van der Waals surface area contributed by atoms with Gasteiger partial charge in [0.25, 0.3) is 11.8 Å². The Morgan fingerprint density at radius 1 is 1.11 bits per heavy atom. The lowest BCUT2D eigenvalue weighted by molar-refractivity contribution is -0.120. The quantitative estimate of drug-likeness (QED) is 0.675. The Bertz CT molecular complexity index is 824. The number of primary amides is 1. The number of rotatable bonds is 8. The van der Waals surface area contributed by atoms with Gasteiger partial charge < -0.3 is 20.7 Å². The predicted molar refractivity (Wildman–Crippen MR) is 105 cm³/mol. The summed E-state index contributed by atoms with van der Waals surface area (Å²) in [5, 5.41) is 2.82. The van der Waals surface area contributed by atoms with Crippen LogP contribution in [-0.4, -0.2) is 49.1 Å². The Kier molecular flexibility index (Phi) is 7.25. The molecule has 0 radical (unpaired) electrons. The van der Waals surface area contributed by atoms with Gasteiger partial charge in [-0.1, -0.05) is 12.1 Å². The molecule has 0 saturated carbocycles. The number of thioether (sulfide) groups is 1. The zero-order valence-corrected chi connectivity index (χ0v) is 15.9. The summed E-state index contributed by atoms with van der Waals surface area (Å²) >= 11 is 1.53. The van der Waals surface area contributed by atoms with Crippen molar-refractivity contribution >= 4 is 35.2 Å². The summed E-state index contributed by atoms with van der Waals surface area (Å²) in [4.78, 5) is 37.7. The lowest BCUT2D eigenvalue weighted by atomic mass is 10.2. The third-order valence-corrected chi connectivity index (χ3v) is 4.39. The Balaban J connectivity index is 1.94. The molecule has 0 atom stereocenters. The van der Waals surface area contributed by atoms with Gasteiger partial charge in [-0.3, -0.25) is 14.4 Å². The molecule has 0 bridgehead atoms. The van der Waals surface area contributed by atoms with E-state index in [2.05, 4.69) is 5.32 Å². The molecule has 0 spiro atoms. The van der Waals surface area contributed by atoms with Crippen LogP contribution in [0.1, 0.15) is 10.4 Å². The van der Waals surface area contributed by atoms with E-state index < -0.39 is 5.91 Å². The number of amides is 3. The number of para-hydroxylation sites is 1. The normalized spacial score (nSPS) is 10.1. The first-order valence-electron chi connectivity index (χ1n) is 8.10. The van der Waals surface area contributed by atoms with Crippen LogP contribution in [0.5, 0.6) is 5.75 Å². The maximum atomic E-state index is 12.5. The van der Waals surface area contributed by atoms with Crippen LogP contribution >= 0.6 is 11.8 Å². The number of nitrogens with two attached hydrogens (primary N) is 1. The molecule has 142 valence electrons. The molecule has 0 aliphatic carbocycles. The van der Waals surface area contributed by atoms with Crippen LogP contribution in [-0.2, 0) is 9.59 Å². The van der Waals surface area contributed by atoms with Gasteiger partial charge in [0, 0.05) is 17.5 Å². The number of ether oxygens (including phenoxy) is 1.